The molecule has 9 atom stereocenters. The topological polar surface area (TPSA) is 406 Å². The van der Waals surface area contributed by atoms with Crippen molar-refractivity contribution in [2.45, 2.75) is 134 Å². The third kappa shape index (κ3) is 18.7. The number of benzene rings is 2. The van der Waals surface area contributed by atoms with E-state index in [1.807, 2.05) is 0 Å². The highest BCUT2D eigenvalue weighted by molar-refractivity contribution is 5.98. The molecule has 408 valence electrons. The van der Waals surface area contributed by atoms with Gasteiger partial charge in [0.2, 0.25) is 41.4 Å². The Morgan fingerprint density at radius 3 is 1.96 bits per heavy atom. The second kappa shape index (κ2) is 29.0. The maximum Gasteiger partial charge on any atom is 0.326 e. The molecule has 0 aliphatic carbocycles. The number of nitrogens with one attached hydrogen (secondary N) is 9. The minimum atomic E-state index is -1.51. The lowest BCUT2D eigenvalue weighted by molar-refractivity contribution is -0.145. The van der Waals surface area contributed by atoms with Crippen LogP contribution in [0.25, 0.3) is 0 Å². The van der Waals surface area contributed by atoms with Gasteiger partial charge in [0.25, 0.3) is 0 Å². The van der Waals surface area contributed by atoms with Crippen molar-refractivity contribution in [2.24, 2.45) is 23.3 Å². The van der Waals surface area contributed by atoms with Crippen LogP contribution in [-0.4, -0.2) is 151 Å². The summed E-state index contributed by atoms with van der Waals surface area (Å²) in [7, 11) is 0. The molecule has 3 aromatic rings. The van der Waals surface area contributed by atoms with Crippen molar-refractivity contribution in [2.75, 3.05) is 13.1 Å². The molecular formula is C50H71N13O12. The number of carbonyl (C=O) groups is 9. The van der Waals surface area contributed by atoms with Crippen LogP contribution in [0.3, 0.4) is 0 Å². The zero-order valence-electron chi connectivity index (χ0n) is 42.5. The molecule has 0 saturated carbocycles. The summed E-state index contributed by atoms with van der Waals surface area (Å²) in [5.41, 5.74) is 12.7. The minimum absolute atomic E-state index is 0.00338. The van der Waals surface area contributed by atoms with Gasteiger partial charge < -0.3 is 73.9 Å². The first-order valence-electron chi connectivity index (χ1n) is 24.8. The molecule has 75 heavy (non-hydrogen) atoms. The van der Waals surface area contributed by atoms with Gasteiger partial charge in [0.15, 0.2) is 5.96 Å². The van der Waals surface area contributed by atoms with E-state index in [1.54, 1.807) is 58.0 Å². The van der Waals surface area contributed by atoms with Gasteiger partial charge in [-0.3, -0.25) is 43.8 Å². The van der Waals surface area contributed by atoms with Gasteiger partial charge in [-0.05, 0) is 60.8 Å². The van der Waals surface area contributed by atoms with E-state index in [2.05, 4.69) is 47.2 Å². The van der Waals surface area contributed by atoms with Crippen molar-refractivity contribution in [3.8, 4) is 5.75 Å². The summed E-state index contributed by atoms with van der Waals surface area (Å²) in [6, 6.07) is 3.91. The molecule has 2 aromatic carbocycles. The summed E-state index contributed by atoms with van der Waals surface area (Å²) in [4.78, 5) is 130. The van der Waals surface area contributed by atoms with Crippen molar-refractivity contribution >= 4 is 59.2 Å². The molecule has 16 N–H and O–H groups in total. The number of nitrogens with two attached hydrogens (primary N) is 2. The number of carboxylic acids is 2. The van der Waals surface area contributed by atoms with Crippen LogP contribution >= 0.6 is 0 Å². The van der Waals surface area contributed by atoms with Gasteiger partial charge in [0.1, 0.15) is 48.0 Å². The van der Waals surface area contributed by atoms with Crippen LogP contribution in [0.5, 0.6) is 5.75 Å². The van der Waals surface area contributed by atoms with Crippen LogP contribution in [0.1, 0.15) is 83.0 Å². The van der Waals surface area contributed by atoms with Crippen LogP contribution in [0, 0.1) is 17.2 Å². The Morgan fingerprint density at radius 1 is 0.760 bits per heavy atom. The fraction of sp³-hybridized carbons (Fsp3) is 0.500. The highest BCUT2D eigenvalue weighted by atomic mass is 16.4. The number of guanidine groups is 1. The van der Waals surface area contributed by atoms with Crippen LogP contribution in [-0.2, 0) is 62.4 Å². The lowest BCUT2D eigenvalue weighted by Gasteiger charge is -2.32. The van der Waals surface area contributed by atoms with Crippen LogP contribution in [0.4, 0.5) is 0 Å². The van der Waals surface area contributed by atoms with E-state index in [0.29, 0.717) is 29.7 Å². The highest BCUT2D eigenvalue weighted by Gasteiger charge is 2.41. The number of hydrogen-bond donors (Lipinski definition) is 14. The molecule has 1 aromatic heterocycles. The largest absolute Gasteiger partial charge is 0.508 e. The Hall–Kier alpha value is -8.09. The molecule has 1 saturated heterocycles. The summed E-state index contributed by atoms with van der Waals surface area (Å²) in [5, 5.41) is 55.1. The van der Waals surface area contributed by atoms with E-state index in [-0.39, 0.29) is 63.3 Å². The first-order chi connectivity index (χ1) is 35.6. The zero-order chi connectivity index (χ0) is 55.4. The predicted octanol–water partition coefficient (Wildman–Crippen LogP) is -1.11. The smallest absolute Gasteiger partial charge is 0.326 e. The lowest BCUT2D eigenvalue weighted by atomic mass is 9.96. The molecule has 25 heteroatoms. The number of carboxylic acid groups (broad SMARTS) is 2. The number of aromatic nitrogens is 2. The lowest BCUT2D eigenvalue weighted by Crippen LogP contribution is -2.62. The second-order valence-electron chi connectivity index (χ2n) is 18.9. The molecule has 1 fully saturated rings. The maximum atomic E-state index is 14.6. The van der Waals surface area contributed by atoms with E-state index < -0.39 is 120 Å². The number of aromatic amines is 1. The molecule has 2 heterocycles. The Morgan fingerprint density at radius 2 is 1.36 bits per heavy atom. The SMILES string of the molecule is CC[C@H](C)[C@H](NC(=O)[C@H](Cc1ccc(O)cc1)NC(=O)[C@@H](NC(=O)[C@H](CCCNC(=N)N)NC(=O)[C@H](N)CC(=O)O)C(C)C)C(=O)N[C@@H](Cc1c[nH]cn1)C(=O)N1CCC[C@H]1C(=O)N[C@H](Cc1ccccc1)C(=O)O. The van der Waals surface area contributed by atoms with Crippen LogP contribution in [0.15, 0.2) is 67.1 Å². The number of hydrogen-bond acceptors (Lipinski definition) is 13. The zero-order valence-corrected chi connectivity index (χ0v) is 42.5. The van der Waals surface area contributed by atoms with Gasteiger partial charge in [0.05, 0.1) is 24.5 Å². The van der Waals surface area contributed by atoms with Crippen LogP contribution < -0.4 is 48.7 Å². The molecule has 25 nitrogen and oxygen atoms in total. The van der Waals surface area contributed by atoms with E-state index in [9.17, 15) is 53.4 Å². The summed E-state index contributed by atoms with van der Waals surface area (Å²) in [6.45, 7) is 6.96. The number of nitrogens with zero attached hydrogens (tertiary/aromatic N) is 2. The second-order valence-corrected chi connectivity index (χ2v) is 18.9. The average molecular weight is 1050 g/mol. The fourth-order valence-corrected chi connectivity index (χ4v) is 8.34. The quantitative estimate of drug-likeness (QED) is 0.0223. The maximum absolute atomic E-state index is 14.6. The molecule has 7 amide bonds. The number of phenols is 1. The Kier molecular flexibility index (Phi) is 23.0. The first-order valence-corrected chi connectivity index (χ1v) is 24.8. The molecular weight excluding hydrogens is 975 g/mol. The molecule has 0 unspecified atom stereocenters. The summed E-state index contributed by atoms with van der Waals surface area (Å²) >= 11 is 0. The number of rotatable bonds is 29. The van der Waals surface area contributed by atoms with Crippen molar-refractivity contribution in [3.63, 3.8) is 0 Å². The monoisotopic (exact) mass is 1050 g/mol. The van der Waals surface area contributed by atoms with Gasteiger partial charge in [-0.15, -0.1) is 0 Å². The fourth-order valence-electron chi connectivity index (χ4n) is 8.34. The Balaban J connectivity index is 1.59. The van der Waals surface area contributed by atoms with Crippen molar-refractivity contribution in [1.29, 1.82) is 5.41 Å². The number of likely N-dealkylation sites (tertiary alicyclic amines) is 1. The van der Waals surface area contributed by atoms with Gasteiger partial charge in [-0.1, -0.05) is 76.6 Å². The molecule has 1 aliphatic heterocycles. The molecule has 1 aliphatic rings. The van der Waals surface area contributed by atoms with Gasteiger partial charge in [-0.25, -0.2) is 9.78 Å². The standard InChI is InChI=1S/C50H71N13O12/c1-5-28(4)41(47(72)59-36(23-31-25-54-26-56-31)48(73)63-20-10-14-38(63)45(70)60-37(49(74)75)22-29-11-7-6-8-12-29)62-44(69)35(21-30-15-17-32(64)18-16-30)58-46(71)40(27(2)3)61-43(68)34(13-9-19-55-50(52)53)57-42(67)33(51)24-39(65)66/h6-8,11-12,15-18,25-28,33-38,40-41,64H,5,9-10,13-14,19-24,51H2,1-4H3,(H,54,56)(H,57,67)(H,58,71)(H,59,72)(H,60,70)(H,61,68)(H,62,69)(H,65,66)(H,74,75)(H4,52,53,55)/t28-,33+,34-,35-,36-,37+,38-,40-,41-/m0/s1. The van der Waals surface area contributed by atoms with E-state index in [1.165, 1.54) is 41.7 Å². The number of phenolic OH excluding ortho intramolecular Hbond substituents is 1. The first kappa shape index (κ1) is 59.5. The third-order valence-electron chi connectivity index (χ3n) is 12.7. The number of amides is 7. The highest BCUT2D eigenvalue weighted by Crippen LogP contribution is 2.21. The normalized spacial score (nSPS) is 16.3. The van der Waals surface area contributed by atoms with E-state index >= 15 is 0 Å². The number of aliphatic carboxylic acids is 2. The van der Waals surface area contributed by atoms with Crippen molar-refractivity contribution < 1.29 is 58.5 Å². The minimum Gasteiger partial charge on any atom is -0.508 e. The summed E-state index contributed by atoms with van der Waals surface area (Å²) in [5.74, 6) is -9.80. The summed E-state index contributed by atoms with van der Waals surface area (Å²) < 4.78 is 0. The number of aromatic hydroxyl groups is 1. The number of H-pyrrole nitrogens is 1. The molecule has 0 bridgehead atoms. The average Bonchev–Trinajstić information content (AvgIpc) is 4.08. The van der Waals surface area contributed by atoms with Crippen LogP contribution in [0.2, 0.25) is 0 Å². The molecule has 0 radical (unpaired) electrons. The third-order valence-corrected chi connectivity index (χ3v) is 12.7. The number of imidazole rings is 1. The van der Waals surface area contributed by atoms with Gasteiger partial charge in [-0.2, -0.15) is 0 Å². The van der Waals surface area contributed by atoms with Crippen molar-refractivity contribution in [1.82, 2.24) is 52.1 Å². The molecule has 4 rings (SSSR count). The molecule has 0 spiro atoms. The number of carbonyl (C=O) groups excluding carboxylic acids is 7. The Bertz CT molecular complexity index is 2440. The Labute approximate surface area is 434 Å². The summed E-state index contributed by atoms with van der Waals surface area (Å²) in [6.07, 6.45) is 2.97. The van der Waals surface area contributed by atoms with Crippen molar-refractivity contribution in [3.05, 3.63) is 83.9 Å². The predicted molar refractivity (Wildman–Crippen MR) is 272 cm³/mol. The van der Waals surface area contributed by atoms with Gasteiger partial charge in [0, 0.05) is 38.5 Å². The van der Waals surface area contributed by atoms with E-state index in [4.69, 9.17) is 22.0 Å². The van der Waals surface area contributed by atoms with Gasteiger partial charge >= 0.3 is 11.9 Å². The van der Waals surface area contributed by atoms with E-state index in [0.717, 1.165) is 0 Å².